The molecule has 0 heterocycles. The molecule has 0 radical (unpaired) electrons. The maximum atomic E-state index is 12.2. The van der Waals surface area contributed by atoms with E-state index in [1.165, 1.54) is 0 Å². The van der Waals surface area contributed by atoms with E-state index in [1.54, 1.807) is 6.07 Å². The van der Waals surface area contributed by atoms with Crippen LogP contribution in [0.25, 0.3) is 0 Å². The van der Waals surface area contributed by atoms with Gasteiger partial charge in [0.2, 0.25) is 5.91 Å². The van der Waals surface area contributed by atoms with Crippen molar-refractivity contribution < 1.29 is 9.53 Å². The van der Waals surface area contributed by atoms with Crippen LogP contribution in [-0.2, 0) is 4.79 Å². The van der Waals surface area contributed by atoms with E-state index in [0.29, 0.717) is 18.0 Å². The van der Waals surface area contributed by atoms with Crippen molar-refractivity contribution >= 4 is 23.2 Å². The highest BCUT2D eigenvalue weighted by Gasteiger charge is 2.18. The average molecular weight is 290 g/mol. The SMILES string of the molecule is CCOc1ccccc1NC(=O)C(Cl)c1ccccc1. The van der Waals surface area contributed by atoms with Crippen LogP contribution >= 0.6 is 11.6 Å². The Bertz CT molecular complexity index is 572. The first-order valence-electron chi connectivity index (χ1n) is 6.44. The standard InChI is InChI=1S/C16H16ClNO2/c1-2-20-14-11-7-6-10-13(14)18-16(19)15(17)12-8-4-3-5-9-12/h3-11,15H,2H2,1H3,(H,18,19). The highest BCUT2D eigenvalue weighted by atomic mass is 35.5. The van der Waals surface area contributed by atoms with Crippen LogP contribution in [0.2, 0.25) is 0 Å². The lowest BCUT2D eigenvalue weighted by atomic mass is 10.1. The number of halogens is 1. The number of para-hydroxylation sites is 2. The van der Waals surface area contributed by atoms with Gasteiger partial charge in [-0.15, -0.1) is 11.6 Å². The van der Waals surface area contributed by atoms with Crippen LogP contribution in [0.5, 0.6) is 5.75 Å². The van der Waals surface area contributed by atoms with Crippen molar-refractivity contribution in [2.24, 2.45) is 0 Å². The molecule has 2 aromatic rings. The first kappa shape index (κ1) is 14.4. The molecule has 0 aromatic heterocycles. The summed E-state index contributed by atoms with van der Waals surface area (Å²) in [6.45, 7) is 2.43. The molecule has 104 valence electrons. The van der Waals surface area contributed by atoms with Crippen molar-refractivity contribution in [3.05, 3.63) is 60.2 Å². The Morgan fingerprint density at radius 3 is 2.50 bits per heavy atom. The fourth-order valence-electron chi connectivity index (χ4n) is 1.82. The summed E-state index contributed by atoms with van der Waals surface area (Å²) in [5.41, 5.74) is 1.39. The molecule has 0 aliphatic heterocycles. The second-order valence-electron chi connectivity index (χ2n) is 4.19. The molecule has 0 saturated carbocycles. The number of rotatable bonds is 5. The number of anilines is 1. The Morgan fingerprint density at radius 2 is 1.80 bits per heavy atom. The van der Waals surface area contributed by atoms with Gasteiger partial charge in [-0.05, 0) is 24.6 Å². The molecule has 0 bridgehead atoms. The Hall–Kier alpha value is -2.00. The maximum Gasteiger partial charge on any atom is 0.247 e. The van der Waals surface area contributed by atoms with E-state index < -0.39 is 5.38 Å². The number of carbonyl (C=O) groups is 1. The third-order valence-corrected chi connectivity index (χ3v) is 3.22. The minimum Gasteiger partial charge on any atom is -0.492 e. The van der Waals surface area contributed by atoms with Crippen LogP contribution < -0.4 is 10.1 Å². The largest absolute Gasteiger partial charge is 0.492 e. The molecule has 0 spiro atoms. The van der Waals surface area contributed by atoms with E-state index in [2.05, 4.69) is 5.32 Å². The molecule has 1 amide bonds. The molecule has 1 unspecified atom stereocenters. The minimum absolute atomic E-state index is 0.273. The van der Waals surface area contributed by atoms with Crippen molar-refractivity contribution in [2.45, 2.75) is 12.3 Å². The summed E-state index contributed by atoms with van der Waals surface area (Å²) in [4.78, 5) is 12.2. The molecule has 4 heteroatoms. The van der Waals surface area contributed by atoms with Crippen molar-refractivity contribution in [3.8, 4) is 5.75 Å². The van der Waals surface area contributed by atoms with Crippen molar-refractivity contribution in [3.63, 3.8) is 0 Å². The second-order valence-corrected chi connectivity index (χ2v) is 4.63. The Labute approximate surface area is 123 Å². The van der Waals surface area contributed by atoms with Crippen LogP contribution in [0.15, 0.2) is 54.6 Å². The third-order valence-electron chi connectivity index (χ3n) is 2.77. The third kappa shape index (κ3) is 3.52. The van der Waals surface area contributed by atoms with E-state index in [0.717, 1.165) is 5.56 Å². The van der Waals surface area contributed by atoms with Gasteiger partial charge in [-0.2, -0.15) is 0 Å². The van der Waals surface area contributed by atoms with E-state index in [4.69, 9.17) is 16.3 Å². The van der Waals surface area contributed by atoms with E-state index in [9.17, 15) is 4.79 Å². The first-order chi connectivity index (χ1) is 9.72. The lowest BCUT2D eigenvalue weighted by Gasteiger charge is -2.14. The Kier molecular flexibility index (Phi) is 5.02. The molecular formula is C16H16ClNO2. The zero-order valence-corrected chi connectivity index (χ0v) is 11.9. The number of hydrogen-bond acceptors (Lipinski definition) is 2. The summed E-state index contributed by atoms with van der Waals surface area (Å²) < 4.78 is 5.47. The normalized spacial score (nSPS) is 11.7. The van der Waals surface area contributed by atoms with E-state index in [1.807, 2.05) is 55.5 Å². The van der Waals surface area contributed by atoms with Gasteiger partial charge in [0.05, 0.1) is 12.3 Å². The number of ether oxygens (including phenoxy) is 1. The number of amides is 1. The zero-order chi connectivity index (χ0) is 14.4. The zero-order valence-electron chi connectivity index (χ0n) is 11.2. The van der Waals surface area contributed by atoms with Gasteiger partial charge in [0.25, 0.3) is 0 Å². The van der Waals surface area contributed by atoms with Gasteiger partial charge in [0.15, 0.2) is 0 Å². The van der Waals surface area contributed by atoms with Gasteiger partial charge in [0.1, 0.15) is 11.1 Å². The summed E-state index contributed by atoms with van der Waals surface area (Å²) in [6.07, 6.45) is 0. The lowest BCUT2D eigenvalue weighted by Crippen LogP contribution is -2.17. The fraction of sp³-hybridized carbons (Fsp3) is 0.188. The van der Waals surface area contributed by atoms with Crippen molar-refractivity contribution in [2.75, 3.05) is 11.9 Å². The summed E-state index contributed by atoms with van der Waals surface area (Å²) in [6, 6.07) is 16.5. The molecule has 20 heavy (non-hydrogen) atoms. The predicted octanol–water partition coefficient (Wildman–Crippen LogP) is 4.00. The van der Waals surface area contributed by atoms with Crippen molar-refractivity contribution in [1.29, 1.82) is 0 Å². The summed E-state index contributed by atoms with van der Waals surface area (Å²) in [7, 11) is 0. The van der Waals surface area contributed by atoms with E-state index >= 15 is 0 Å². The topological polar surface area (TPSA) is 38.3 Å². The lowest BCUT2D eigenvalue weighted by molar-refractivity contribution is -0.116. The molecule has 2 rings (SSSR count). The number of alkyl halides is 1. The van der Waals surface area contributed by atoms with Crippen LogP contribution in [-0.4, -0.2) is 12.5 Å². The van der Waals surface area contributed by atoms with Crippen LogP contribution in [0.4, 0.5) is 5.69 Å². The molecule has 0 aliphatic carbocycles. The molecule has 0 saturated heterocycles. The first-order valence-corrected chi connectivity index (χ1v) is 6.87. The van der Waals surface area contributed by atoms with Gasteiger partial charge >= 0.3 is 0 Å². The molecule has 2 aromatic carbocycles. The fourth-order valence-corrected chi connectivity index (χ4v) is 2.02. The molecule has 1 atom stereocenters. The molecule has 3 nitrogen and oxygen atoms in total. The monoisotopic (exact) mass is 289 g/mol. The van der Waals surface area contributed by atoms with Crippen molar-refractivity contribution in [1.82, 2.24) is 0 Å². The van der Waals surface area contributed by atoms with Gasteiger partial charge in [-0.1, -0.05) is 42.5 Å². The molecule has 1 N–H and O–H groups in total. The summed E-state index contributed by atoms with van der Waals surface area (Å²) in [5.74, 6) is 0.366. The highest BCUT2D eigenvalue weighted by Crippen LogP contribution is 2.27. The van der Waals surface area contributed by atoms with Crippen LogP contribution in [0, 0.1) is 0 Å². The average Bonchev–Trinajstić information content (AvgIpc) is 2.49. The summed E-state index contributed by atoms with van der Waals surface area (Å²) >= 11 is 6.18. The van der Waals surface area contributed by atoms with Crippen LogP contribution in [0.3, 0.4) is 0 Å². The Balaban J connectivity index is 2.12. The number of benzene rings is 2. The van der Waals surface area contributed by atoms with Crippen LogP contribution in [0.1, 0.15) is 17.9 Å². The van der Waals surface area contributed by atoms with Gasteiger partial charge in [-0.25, -0.2) is 0 Å². The smallest absolute Gasteiger partial charge is 0.247 e. The quantitative estimate of drug-likeness (QED) is 0.845. The van der Waals surface area contributed by atoms with Gasteiger partial charge < -0.3 is 10.1 Å². The summed E-state index contributed by atoms with van der Waals surface area (Å²) in [5, 5.41) is 2.07. The predicted molar refractivity (Wildman–Crippen MR) is 81.3 cm³/mol. The molecule has 0 aliphatic rings. The number of nitrogens with one attached hydrogen (secondary N) is 1. The minimum atomic E-state index is -0.731. The Morgan fingerprint density at radius 1 is 1.15 bits per heavy atom. The molecular weight excluding hydrogens is 274 g/mol. The number of carbonyl (C=O) groups excluding carboxylic acids is 1. The molecule has 0 fully saturated rings. The van der Waals surface area contributed by atoms with E-state index in [-0.39, 0.29) is 5.91 Å². The highest BCUT2D eigenvalue weighted by molar-refractivity contribution is 6.32. The van der Waals surface area contributed by atoms with Gasteiger partial charge in [-0.3, -0.25) is 4.79 Å². The number of hydrogen-bond donors (Lipinski definition) is 1. The van der Waals surface area contributed by atoms with Gasteiger partial charge in [0, 0.05) is 0 Å². The second kappa shape index (κ2) is 6.96. The maximum absolute atomic E-state index is 12.2.